The molecule has 0 radical (unpaired) electrons. The summed E-state index contributed by atoms with van der Waals surface area (Å²) in [5.41, 5.74) is 2.77. The molecule has 7 nitrogen and oxygen atoms in total. The summed E-state index contributed by atoms with van der Waals surface area (Å²) in [4.78, 5) is 14.4. The van der Waals surface area contributed by atoms with E-state index in [-0.39, 0.29) is 12.1 Å². The predicted molar refractivity (Wildman–Crippen MR) is 98.4 cm³/mol. The van der Waals surface area contributed by atoms with Gasteiger partial charge in [0, 0.05) is 43.2 Å². The number of rotatable bonds is 8. The van der Waals surface area contributed by atoms with E-state index >= 15 is 0 Å². The molecule has 0 aliphatic carbocycles. The number of ether oxygens (including phenoxy) is 1. The lowest BCUT2D eigenvalue weighted by atomic mass is 10.1. The van der Waals surface area contributed by atoms with Gasteiger partial charge in [-0.2, -0.15) is 5.10 Å². The molecule has 25 heavy (non-hydrogen) atoms. The Balaban J connectivity index is 1.95. The Morgan fingerprint density at radius 1 is 1.36 bits per heavy atom. The standard InChI is InChI=1S/C18H27N5O2/c1-5-25-13-14-8-6-7-9-16(14)21-18(24)19-11-17(22(2)3)15-10-20-23(4)12-15/h6-10,12,17H,5,11,13H2,1-4H3,(H2,19,21,24)/t17-/m0/s1. The van der Waals surface area contributed by atoms with E-state index in [2.05, 4.69) is 20.6 Å². The highest BCUT2D eigenvalue weighted by atomic mass is 16.5. The summed E-state index contributed by atoms with van der Waals surface area (Å²) in [5.74, 6) is 0. The van der Waals surface area contributed by atoms with Crippen molar-refractivity contribution in [2.24, 2.45) is 7.05 Å². The number of amides is 2. The minimum Gasteiger partial charge on any atom is -0.377 e. The molecule has 0 bridgehead atoms. The van der Waals surface area contributed by atoms with Crippen LogP contribution in [0.15, 0.2) is 36.7 Å². The molecule has 2 rings (SSSR count). The van der Waals surface area contributed by atoms with Crippen LogP contribution >= 0.6 is 0 Å². The molecule has 1 atom stereocenters. The Morgan fingerprint density at radius 2 is 2.12 bits per heavy atom. The monoisotopic (exact) mass is 345 g/mol. The van der Waals surface area contributed by atoms with Gasteiger partial charge in [0.05, 0.1) is 18.8 Å². The molecule has 1 aromatic carbocycles. The molecule has 0 saturated carbocycles. The lowest BCUT2D eigenvalue weighted by Gasteiger charge is -2.23. The molecule has 2 amide bonds. The van der Waals surface area contributed by atoms with Gasteiger partial charge in [-0.05, 0) is 27.1 Å². The van der Waals surface area contributed by atoms with Crippen LogP contribution in [0.2, 0.25) is 0 Å². The van der Waals surface area contributed by atoms with Crippen LogP contribution in [0.1, 0.15) is 24.1 Å². The number of aryl methyl sites for hydroxylation is 1. The second kappa shape index (κ2) is 9.19. The first-order valence-electron chi connectivity index (χ1n) is 8.36. The first-order valence-corrected chi connectivity index (χ1v) is 8.36. The van der Waals surface area contributed by atoms with Crippen molar-refractivity contribution in [3.05, 3.63) is 47.8 Å². The second-order valence-corrected chi connectivity index (χ2v) is 6.06. The average Bonchev–Trinajstić information content (AvgIpc) is 3.00. The highest BCUT2D eigenvalue weighted by molar-refractivity contribution is 5.90. The molecule has 0 aliphatic heterocycles. The second-order valence-electron chi connectivity index (χ2n) is 6.06. The van der Waals surface area contributed by atoms with E-state index in [1.807, 2.05) is 64.7 Å². The van der Waals surface area contributed by atoms with Crippen molar-refractivity contribution in [1.29, 1.82) is 0 Å². The third-order valence-electron chi connectivity index (χ3n) is 3.92. The summed E-state index contributed by atoms with van der Waals surface area (Å²) in [6, 6.07) is 7.46. The number of carbonyl (C=O) groups excluding carboxylic acids is 1. The van der Waals surface area contributed by atoms with Crippen LogP contribution in [-0.4, -0.2) is 48.0 Å². The molecular formula is C18H27N5O2. The number of nitrogens with zero attached hydrogens (tertiary/aromatic N) is 3. The minimum absolute atomic E-state index is 0.0538. The number of aromatic nitrogens is 2. The lowest BCUT2D eigenvalue weighted by Crippen LogP contribution is -2.37. The number of carbonyl (C=O) groups is 1. The van der Waals surface area contributed by atoms with Crippen LogP contribution in [0.5, 0.6) is 0 Å². The predicted octanol–water partition coefficient (Wildman–Crippen LogP) is 2.38. The van der Waals surface area contributed by atoms with Crippen LogP contribution in [0, 0.1) is 0 Å². The fourth-order valence-corrected chi connectivity index (χ4v) is 2.55. The van der Waals surface area contributed by atoms with E-state index in [4.69, 9.17) is 4.74 Å². The van der Waals surface area contributed by atoms with Gasteiger partial charge in [-0.25, -0.2) is 4.79 Å². The highest BCUT2D eigenvalue weighted by Crippen LogP contribution is 2.18. The van der Waals surface area contributed by atoms with Crippen LogP contribution in [0.4, 0.5) is 10.5 Å². The van der Waals surface area contributed by atoms with E-state index in [0.717, 1.165) is 16.8 Å². The molecule has 1 aromatic heterocycles. The van der Waals surface area contributed by atoms with Gasteiger partial charge < -0.3 is 20.3 Å². The van der Waals surface area contributed by atoms with Gasteiger partial charge in [0.2, 0.25) is 0 Å². The summed E-state index contributed by atoms with van der Waals surface area (Å²) < 4.78 is 7.20. The first kappa shape index (κ1) is 19.0. The van der Waals surface area contributed by atoms with Crippen molar-refractivity contribution in [2.45, 2.75) is 19.6 Å². The third kappa shape index (κ3) is 5.58. The summed E-state index contributed by atoms with van der Waals surface area (Å²) in [7, 11) is 5.84. The fraction of sp³-hybridized carbons (Fsp3) is 0.444. The number of hydrogen-bond acceptors (Lipinski definition) is 4. The van der Waals surface area contributed by atoms with Crippen molar-refractivity contribution >= 4 is 11.7 Å². The topological polar surface area (TPSA) is 71.4 Å². The minimum atomic E-state index is -0.236. The fourth-order valence-electron chi connectivity index (χ4n) is 2.55. The average molecular weight is 345 g/mol. The van der Waals surface area contributed by atoms with Gasteiger partial charge >= 0.3 is 6.03 Å². The van der Waals surface area contributed by atoms with Crippen molar-refractivity contribution < 1.29 is 9.53 Å². The Kier molecular flexibility index (Phi) is 6.97. The van der Waals surface area contributed by atoms with Gasteiger partial charge in [0.1, 0.15) is 0 Å². The SMILES string of the molecule is CCOCc1ccccc1NC(=O)NC[C@@H](c1cnn(C)c1)N(C)C. The molecule has 0 spiro atoms. The summed E-state index contributed by atoms with van der Waals surface area (Å²) >= 11 is 0. The zero-order valence-electron chi connectivity index (χ0n) is 15.3. The Labute approximate surface area is 149 Å². The smallest absolute Gasteiger partial charge is 0.319 e. The van der Waals surface area contributed by atoms with Crippen LogP contribution < -0.4 is 10.6 Å². The van der Waals surface area contributed by atoms with Crippen LogP contribution in [-0.2, 0) is 18.4 Å². The number of anilines is 1. The number of para-hydroxylation sites is 1. The molecule has 0 saturated heterocycles. The number of nitrogens with one attached hydrogen (secondary N) is 2. The number of likely N-dealkylation sites (N-methyl/N-ethyl adjacent to an activating group) is 1. The van der Waals surface area contributed by atoms with Crippen molar-refractivity contribution in [3.63, 3.8) is 0 Å². The van der Waals surface area contributed by atoms with Crippen LogP contribution in [0.25, 0.3) is 0 Å². The van der Waals surface area contributed by atoms with E-state index in [0.29, 0.717) is 19.8 Å². The zero-order chi connectivity index (χ0) is 18.2. The molecule has 136 valence electrons. The molecule has 1 heterocycles. The largest absolute Gasteiger partial charge is 0.377 e. The molecular weight excluding hydrogens is 318 g/mol. The number of urea groups is 1. The van der Waals surface area contributed by atoms with Crippen LogP contribution in [0.3, 0.4) is 0 Å². The van der Waals surface area contributed by atoms with Gasteiger partial charge in [-0.15, -0.1) is 0 Å². The summed E-state index contributed by atoms with van der Waals surface area (Å²) in [5, 5.41) is 10.0. The molecule has 2 N–H and O–H groups in total. The van der Waals surface area contributed by atoms with Crippen molar-refractivity contribution in [2.75, 3.05) is 32.6 Å². The zero-order valence-corrected chi connectivity index (χ0v) is 15.3. The van der Waals surface area contributed by atoms with E-state index in [1.165, 1.54) is 0 Å². The van der Waals surface area contributed by atoms with Crippen molar-refractivity contribution in [1.82, 2.24) is 20.0 Å². The Hall–Kier alpha value is -2.38. The van der Waals surface area contributed by atoms with Gasteiger partial charge in [-0.1, -0.05) is 18.2 Å². The molecule has 0 unspecified atom stereocenters. The van der Waals surface area contributed by atoms with E-state index in [9.17, 15) is 4.79 Å². The van der Waals surface area contributed by atoms with Crippen molar-refractivity contribution in [3.8, 4) is 0 Å². The number of hydrogen-bond donors (Lipinski definition) is 2. The maximum absolute atomic E-state index is 12.3. The summed E-state index contributed by atoms with van der Waals surface area (Å²) in [6.45, 7) is 3.54. The van der Waals surface area contributed by atoms with Gasteiger partial charge in [-0.3, -0.25) is 4.68 Å². The molecule has 0 fully saturated rings. The first-order chi connectivity index (χ1) is 12.0. The lowest BCUT2D eigenvalue weighted by molar-refractivity contribution is 0.134. The van der Waals surface area contributed by atoms with Gasteiger partial charge in [0.15, 0.2) is 0 Å². The van der Waals surface area contributed by atoms with Gasteiger partial charge in [0.25, 0.3) is 0 Å². The summed E-state index contributed by atoms with van der Waals surface area (Å²) in [6.07, 6.45) is 3.78. The quantitative estimate of drug-likeness (QED) is 0.771. The molecule has 0 aliphatic rings. The Morgan fingerprint density at radius 3 is 2.76 bits per heavy atom. The molecule has 2 aromatic rings. The highest BCUT2D eigenvalue weighted by Gasteiger charge is 2.17. The van der Waals surface area contributed by atoms with E-state index in [1.54, 1.807) is 4.68 Å². The number of benzene rings is 1. The maximum Gasteiger partial charge on any atom is 0.319 e. The Bertz CT molecular complexity index is 684. The maximum atomic E-state index is 12.3. The third-order valence-corrected chi connectivity index (χ3v) is 3.92. The molecule has 7 heteroatoms. The normalized spacial score (nSPS) is 12.2. The van der Waals surface area contributed by atoms with E-state index < -0.39 is 0 Å².